The van der Waals surface area contributed by atoms with Crippen LogP contribution >= 0.6 is 46.4 Å². The second-order valence-corrected chi connectivity index (χ2v) is 6.92. The molecule has 0 radical (unpaired) electrons. The van der Waals surface area contributed by atoms with Crippen molar-refractivity contribution in [1.29, 1.82) is 5.26 Å². The van der Waals surface area contributed by atoms with E-state index in [0.29, 0.717) is 52.6 Å². The van der Waals surface area contributed by atoms with Gasteiger partial charge in [-0.1, -0.05) is 46.4 Å². The maximum atomic E-state index is 9.26. The number of rotatable bonds is 9. The van der Waals surface area contributed by atoms with Gasteiger partial charge < -0.3 is 14.2 Å². The van der Waals surface area contributed by atoms with E-state index in [1.165, 1.54) is 12.3 Å². The van der Waals surface area contributed by atoms with Crippen LogP contribution in [0.2, 0.25) is 10.0 Å². The summed E-state index contributed by atoms with van der Waals surface area (Å²) in [6, 6.07) is 8.57. The molecule has 0 bridgehead atoms. The highest BCUT2D eigenvalue weighted by atomic mass is 35.5. The van der Waals surface area contributed by atoms with Gasteiger partial charge in [-0.2, -0.15) is 5.26 Å². The normalized spacial score (nSPS) is 10.0. The summed E-state index contributed by atoms with van der Waals surface area (Å²) in [5.74, 6) is 1.28. The molecule has 142 valence electrons. The number of hydrogen-bond donors (Lipinski definition) is 0. The van der Waals surface area contributed by atoms with Crippen LogP contribution in [0.4, 0.5) is 0 Å². The number of nitrogens with zero attached hydrogens (tertiary/aromatic N) is 2. The molecule has 1 heterocycles. The van der Waals surface area contributed by atoms with E-state index < -0.39 is 0 Å². The van der Waals surface area contributed by atoms with E-state index in [1.807, 2.05) is 0 Å². The second-order valence-electron chi connectivity index (χ2n) is 5.07. The van der Waals surface area contributed by atoms with Crippen LogP contribution in [0.3, 0.4) is 0 Å². The molecule has 0 aliphatic carbocycles. The van der Waals surface area contributed by atoms with E-state index in [9.17, 15) is 5.26 Å². The Morgan fingerprint density at radius 1 is 1.11 bits per heavy atom. The number of nitriles is 1. The van der Waals surface area contributed by atoms with Gasteiger partial charge in [0.15, 0.2) is 0 Å². The van der Waals surface area contributed by atoms with Gasteiger partial charge in [0.2, 0.25) is 5.88 Å². The number of pyridine rings is 1. The lowest BCUT2D eigenvalue weighted by molar-refractivity contribution is 0.242. The molecule has 1 aromatic carbocycles. The van der Waals surface area contributed by atoms with Gasteiger partial charge >= 0.3 is 0 Å². The fourth-order valence-corrected chi connectivity index (χ4v) is 2.49. The summed E-state index contributed by atoms with van der Waals surface area (Å²) in [6.45, 7) is 0.902. The molecule has 2 rings (SSSR count). The van der Waals surface area contributed by atoms with Gasteiger partial charge in [0.05, 0.1) is 23.8 Å². The van der Waals surface area contributed by atoms with Crippen LogP contribution in [0.1, 0.15) is 12.0 Å². The van der Waals surface area contributed by atoms with Crippen molar-refractivity contribution in [3.05, 3.63) is 56.6 Å². The van der Waals surface area contributed by atoms with Crippen LogP contribution in [0, 0.1) is 11.3 Å². The number of aromatic nitrogens is 1. The molecule has 0 aliphatic heterocycles. The molecule has 0 atom stereocenters. The van der Waals surface area contributed by atoms with E-state index in [2.05, 4.69) is 11.1 Å². The predicted molar refractivity (Wildman–Crippen MR) is 106 cm³/mol. The van der Waals surface area contributed by atoms with Crippen LogP contribution in [-0.4, -0.2) is 24.8 Å². The smallest absolute Gasteiger partial charge is 0.232 e. The zero-order valence-corrected chi connectivity index (χ0v) is 16.9. The lowest BCUT2D eigenvalue weighted by Gasteiger charge is -2.11. The molecule has 0 fully saturated rings. The molecule has 0 aliphatic rings. The Kier molecular flexibility index (Phi) is 8.83. The Labute approximate surface area is 177 Å². The van der Waals surface area contributed by atoms with Crippen molar-refractivity contribution < 1.29 is 14.2 Å². The third-order valence-corrected chi connectivity index (χ3v) is 3.90. The molecule has 0 amide bonds. The molecule has 5 nitrogen and oxygen atoms in total. The average molecular weight is 448 g/mol. The van der Waals surface area contributed by atoms with Gasteiger partial charge in [-0.05, 0) is 24.3 Å². The predicted octanol–water partition coefficient (Wildman–Crippen LogP) is 5.81. The topological polar surface area (TPSA) is 64.4 Å². The maximum absolute atomic E-state index is 9.26. The standard InChI is InChI=1S/C18H14Cl4N2O3/c19-13-9-15(20)18(24-11-13)27-6-1-5-26-16-3-2-14(8-12(16)10-23)25-7-4-17(21)22/h2-4,8-9,11H,1,5-7H2. The van der Waals surface area contributed by atoms with Gasteiger partial charge in [0.1, 0.15) is 33.7 Å². The first-order valence-corrected chi connectivity index (χ1v) is 9.25. The molecule has 1 aromatic heterocycles. The van der Waals surface area contributed by atoms with E-state index in [0.717, 1.165) is 0 Å². The van der Waals surface area contributed by atoms with E-state index in [4.69, 9.17) is 60.6 Å². The van der Waals surface area contributed by atoms with Crippen LogP contribution in [0.5, 0.6) is 17.4 Å². The zero-order valence-electron chi connectivity index (χ0n) is 13.9. The van der Waals surface area contributed by atoms with Crippen molar-refractivity contribution in [3.8, 4) is 23.4 Å². The summed E-state index contributed by atoms with van der Waals surface area (Å²) in [5.41, 5.74) is 0.358. The van der Waals surface area contributed by atoms with Gasteiger partial charge in [-0.15, -0.1) is 0 Å². The lowest BCUT2D eigenvalue weighted by atomic mass is 10.2. The molecule has 0 saturated heterocycles. The quantitative estimate of drug-likeness (QED) is 0.454. The Balaban J connectivity index is 1.81. The first kappa shape index (κ1) is 21.5. The van der Waals surface area contributed by atoms with Gasteiger partial charge in [0, 0.05) is 18.7 Å². The van der Waals surface area contributed by atoms with Gasteiger partial charge in [0.25, 0.3) is 0 Å². The molecule has 27 heavy (non-hydrogen) atoms. The van der Waals surface area contributed by atoms with Crippen LogP contribution < -0.4 is 14.2 Å². The first-order valence-electron chi connectivity index (χ1n) is 7.74. The monoisotopic (exact) mass is 446 g/mol. The third-order valence-electron chi connectivity index (χ3n) is 3.12. The number of ether oxygens (including phenoxy) is 3. The molecule has 0 saturated carbocycles. The fraction of sp³-hybridized carbons (Fsp3) is 0.222. The van der Waals surface area contributed by atoms with Crippen LogP contribution in [0.25, 0.3) is 0 Å². The molecule has 0 N–H and O–H groups in total. The maximum Gasteiger partial charge on any atom is 0.232 e. The Morgan fingerprint density at radius 3 is 2.59 bits per heavy atom. The molecule has 0 spiro atoms. The van der Waals surface area contributed by atoms with Crippen molar-refractivity contribution in [3.63, 3.8) is 0 Å². The number of hydrogen-bond acceptors (Lipinski definition) is 5. The van der Waals surface area contributed by atoms with E-state index >= 15 is 0 Å². The third kappa shape index (κ3) is 7.36. The summed E-state index contributed by atoms with van der Waals surface area (Å²) in [6.07, 6.45) is 3.53. The first-order chi connectivity index (χ1) is 13.0. The number of halogens is 4. The van der Waals surface area contributed by atoms with Crippen molar-refractivity contribution in [2.45, 2.75) is 6.42 Å². The summed E-state index contributed by atoms with van der Waals surface area (Å²) in [7, 11) is 0. The molecule has 9 heteroatoms. The lowest BCUT2D eigenvalue weighted by Crippen LogP contribution is -2.06. The SMILES string of the molecule is N#Cc1cc(OCC=C(Cl)Cl)ccc1OCCCOc1ncc(Cl)cc1Cl. The van der Waals surface area contributed by atoms with Gasteiger partial charge in [-0.3, -0.25) is 0 Å². The molecular weight excluding hydrogens is 434 g/mol. The minimum atomic E-state index is 0.118. The van der Waals surface area contributed by atoms with Crippen molar-refractivity contribution >= 4 is 46.4 Å². The van der Waals surface area contributed by atoms with E-state index in [-0.39, 0.29) is 11.1 Å². The Hall–Kier alpha value is -1.84. The van der Waals surface area contributed by atoms with Crippen LogP contribution in [0.15, 0.2) is 41.0 Å². The highest BCUT2D eigenvalue weighted by Gasteiger charge is 2.07. The molecule has 0 unspecified atom stereocenters. The van der Waals surface area contributed by atoms with Crippen molar-refractivity contribution in [2.75, 3.05) is 19.8 Å². The van der Waals surface area contributed by atoms with Crippen LogP contribution in [-0.2, 0) is 0 Å². The average Bonchev–Trinajstić information content (AvgIpc) is 2.63. The Morgan fingerprint density at radius 2 is 1.89 bits per heavy atom. The minimum Gasteiger partial charge on any atom is -0.492 e. The largest absolute Gasteiger partial charge is 0.492 e. The second kappa shape index (κ2) is 11.1. The van der Waals surface area contributed by atoms with E-state index in [1.54, 1.807) is 24.3 Å². The summed E-state index contributed by atoms with van der Waals surface area (Å²) < 4.78 is 16.6. The molecule has 2 aromatic rings. The van der Waals surface area contributed by atoms with Crippen molar-refractivity contribution in [1.82, 2.24) is 4.98 Å². The summed E-state index contributed by atoms with van der Waals surface area (Å²) >= 11 is 22.8. The highest BCUT2D eigenvalue weighted by Crippen LogP contribution is 2.25. The molecular formula is C18H14Cl4N2O3. The fourth-order valence-electron chi connectivity index (χ4n) is 1.93. The zero-order chi connectivity index (χ0) is 19.6. The minimum absolute atomic E-state index is 0.118. The Bertz CT molecular complexity index is 849. The van der Waals surface area contributed by atoms with Gasteiger partial charge in [-0.25, -0.2) is 4.98 Å². The van der Waals surface area contributed by atoms with Crippen molar-refractivity contribution in [2.24, 2.45) is 0 Å². The summed E-state index contributed by atoms with van der Waals surface area (Å²) in [5, 5.41) is 10.0. The number of benzene rings is 1. The summed E-state index contributed by atoms with van der Waals surface area (Å²) in [4.78, 5) is 4.00. The highest BCUT2D eigenvalue weighted by molar-refractivity contribution is 6.55.